The minimum Gasteiger partial charge on any atom is -0.384 e. The molecule has 0 amide bonds. The number of nitrogens with one attached hydrogen (secondary N) is 1. The molecular formula is C22H18F2N2O. The molecule has 2 N–H and O–H groups in total. The van der Waals surface area contributed by atoms with E-state index in [1.807, 2.05) is 31.2 Å². The van der Waals surface area contributed by atoms with Crippen LogP contribution in [0.3, 0.4) is 0 Å². The summed E-state index contributed by atoms with van der Waals surface area (Å²) >= 11 is 0. The van der Waals surface area contributed by atoms with Crippen molar-refractivity contribution in [1.29, 1.82) is 5.41 Å². The van der Waals surface area contributed by atoms with E-state index >= 15 is 0 Å². The van der Waals surface area contributed by atoms with E-state index in [2.05, 4.69) is 4.98 Å². The van der Waals surface area contributed by atoms with Crippen molar-refractivity contribution in [2.24, 2.45) is 0 Å². The third-order valence-corrected chi connectivity index (χ3v) is 4.18. The van der Waals surface area contributed by atoms with Crippen molar-refractivity contribution in [3.8, 4) is 0 Å². The standard InChI is InChI=1S/C22H18F2N2O/c1-14-4-6-15(7-5-14)11-19(22(27)16-3-2-10-26-13-16)21(25)18-9-8-17(23)12-20(18)24/h2-13,22,25,27H,1H3. The summed E-state index contributed by atoms with van der Waals surface area (Å²) in [6, 6.07) is 13.9. The number of aromatic nitrogens is 1. The fraction of sp³-hybridized carbons (Fsp3) is 0.0909. The van der Waals surface area contributed by atoms with Gasteiger partial charge in [-0.15, -0.1) is 0 Å². The number of nitrogens with zero attached hydrogens (tertiary/aromatic N) is 1. The Kier molecular flexibility index (Phi) is 5.52. The Balaban J connectivity index is 2.09. The van der Waals surface area contributed by atoms with E-state index in [0.29, 0.717) is 5.56 Å². The number of aliphatic hydroxyl groups is 1. The fourth-order valence-electron chi connectivity index (χ4n) is 2.70. The highest BCUT2D eigenvalue weighted by atomic mass is 19.1. The summed E-state index contributed by atoms with van der Waals surface area (Å²) in [6.45, 7) is 1.95. The highest BCUT2D eigenvalue weighted by Crippen LogP contribution is 2.27. The average molecular weight is 364 g/mol. The van der Waals surface area contributed by atoms with Crippen LogP contribution in [0, 0.1) is 24.0 Å². The van der Waals surface area contributed by atoms with Gasteiger partial charge < -0.3 is 5.11 Å². The largest absolute Gasteiger partial charge is 0.384 e. The van der Waals surface area contributed by atoms with Crippen molar-refractivity contribution in [2.75, 3.05) is 0 Å². The van der Waals surface area contributed by atoms with E-state index in [-0.39, 0.29) is 16.8 Å². The van der Waals surface area contributed by atoms with E-state index in [1.54, 1.807) is 24.4 Å². The topological polar surface area (TPSA) is 57.0 Å². The molecule has 5 heteroatoms. The van der Waals surface area contributed by atoms with Gasteiger partial charge >= 0.3 is 0 Å². The van der Waals surface area contributed by atoms with Crippen LogP contribution in [0.5, 0.6) is 0 Å². The maximum absolute atomic E-state index is 14.2. The fourth-order valence-corrected chi connectivity index (χ4v) is 2.70. The molecule has 27 heavy (non-hydrogen) atoms. The SMILES string of the molecule is Cc1ccc(C=C(C(=N)c2ccc(F)cc2F)C(O)c2cccnc2)cc1. The third kappa shape index (κ3) is 4.33. The number of hydrogen-bond acceptors (Lipinski definition) is 3. The Morgan fingerprint density at radius 2 is 1.85 bits per heavy atom. The van der Waals surface area contributed by atoms with Gasteiger partial charge in [-0.05, 0) is 36.8 Å². The maximum Gasteiger partial charge on any atom is 0.135 e. The van der Waals surface area contributed by atoms with Crippen LogP contribution in [-0.4, -0.2) is 15.8 Å². The Hall–Kier alpha value is -3.18. The molecule has 2 aromatic carbocycles. The van der Waals surface area contributed by atoms with Crippen LogP contribution in [0.15, 0.2) is 72.6 Å². The van der Waals surface area contributed by atoms with Gasteiger partial charge in [-0.1, -0.05) is 35.9 Å². The first-order valence-electron chi connectivity index (χ1n) is 8.36. The Bertz CT molecular complexity index is 983. The lowest BCUT2D eigenvalue weighted by Crippen LogP contribution is -2.14. The minimum atomic E-state index is -1.18. The molecule has 1 atom stereocenters. The van der Waals surface area contributed by atoms with Gasteiger partial charge in [-0.2, -0.15) is 0 Å². The summed E-state index contributed by atoms with van der Waals surface area (Å²) in [5.74, 6) is -1.57. The van der Waals surface area contributed by atoms with Crippen molar-refractivity contribution < 1.29 is 13.9 Å². The van der Waals surface area contributed by atoms with Gasteiger partial charge in [0, 0.05) is 35.2 Å². The van der Waals surface area contributed by atoms with Crippen molar-refractivity contribution in [1.82, 2.24) is 4.98 Å². The van der Waals surface area contributed by atoms with Gasteiger partial charge in [0.05, 0.1) is 5.71 Å². The molecule has 3 rings (SSSR count). The van der Waals surface area contributed by atoms with E-state index < -0.39 is 17.7 Å². The quantitative estimate of drug-likeness (QED) is 0.636. The molecule has 136 valence electrons. The number of hydrogen-bond donors (Lipinski definition) is 2. The molecule has 0 saturated carbocycles. The van der Waals surface area contributed by atoms with Crippen molar-refractivity contribution >= 4 is 11.8 Å². The first-order valence-corrected chi connectivity index (χ1v) is 8.36. The van der Waals surface area contributed by atoms with Crippen LogP contribution in [0.4, 0.5) is 8.78 Å². The normalized spacial score (nSPS) is 12.7. The maximum atomic E-state index is 14.2. The summed E-state index contributed by atoms with van der Waals surface area (Å²) in [7, 11) is 0. The lowest BCUT2D eigenvalue weighted by Gasteiger charge is -2.17. The number of aryl methyl sites for hydroxylation is 1. The molecule has 0 bridgehead atoms. The first-order chi connectivity index (χ1) is 13.0. The Labute approximate surface area is 156 Å². The first kappa shape index (κ1) is 18.6. The predicted molar refractivity (Wildman–Crippen MR) is 102 cm³/mol. The molecule has 0 radical (unpaired) electrons. The predicted octanol–water partition coefficient (Wildman–Crippen LogP) is 4.85. The number of aliphatic hydroxyl groups excluding tert-OH is 1. The van der Waals surface area contributed by atoms with E-state index in [0.717, 1.165) is 23.3 Å². The smallest absolute Gasteiger partial charge is 0.135 e. The number of benzene rings is 2. The lowest BCUT2D eigenvalue weighted by molar-refractivity contribution is 0.222. The summed E-state index contributed by atoms with van der Waals surface area (Å²) in [5, 5.41) is 19.3. The van der Waals surface area contributed by atoms with Gasteiger partial charge in [0.15, 0.2) is 0 Å². The molecule has 0 aliphatic carbocycles. The molecule has 3 aromatic rings. The molecular weight excluding hydrogens is 346 g/mol. The van der Waals surface area contributed by atoms with Crippen LogP contribution < -0.4 is 0 Å². The number of halogens is 2. The van der Waals surface area contributed by atoms with Crippen LogP contribution in [-0.2, 0) is 0 Å². The van der Waals surface area contributed by atoms with Gasteiger partial charge in [-0.3, -0.25) is 10.4 Å². The van der Waals surface area contributed by atoms with Crippen LogP contribution in [0.25, 0.3) is 6.08 Å². The molecule has 1 unspecified atom stereocenters. The number of pyridine rings is 1. The van der Waals surface area contributed by atoms with E-state index in [1.165, 1.54) is 12.3 Å². The van der Waals surface area contributed by atoms with Gasteiger partial charge in [0.25, 0.3) is 0 Å². The molecule has 0 aliphatic heterocycles. The van der Waals surface area contributed by atoms with Crippen molar-refractivity contribution in [3.05, 3.63) is 106 Å². The van der Waals surface area contributed by atoms with E-state index in [4.69, 9.17) is 5.41 Å². The van der Waals surface area contributed by atoms with Crippen LogP contribution in [0.2, 0.25) is 0 Å². The average Bonchev–Trinajstić information content (AvgIpc) is 2.67. The summed E-state index contributed by atoms with van der Waals surface area (Å²) < 4.78 is 27.5. The highest BCUT2D eigenvalue weighted by Gasteiger charge is 2.21. The Morgan fingerprint density at radius 1 is 1.11 bits per heavy atom. The third-order valence-electron chi connectivity index (χ3n) is 4.18. The van der Waals surface area contributed by atoms with Crippen LogP contribution >= 0.6 is 0 Å². The van der Waals surface area contributed by atoms with Crippen LogP contribution in [0.1, 0.15) is 28.4 Å². The zero-order valence-corrected chi connectivity index (χ0v) is 14.7. The summed E-state index contributed by atoms with van der Waals surface area (Å²) in [6.07, 6.45) is 3.51. The zero-order valence-electron chi connectivity index (χ0n) is 14.7. The molecule has 0 aliphatic rings. The monoisotopic (exact) mass is 364 g/mol. The van der Waals surface area contributed by atoms with E-state index in [9.17, 15) is 13.9 Å². The Morgan fingerprint density at radius 3 is 2.48 bits per heavy atom. The second kappa shape index (κ2) is 8.01. The molecule has 1 aromatic heterocycles. The molecule has 3 nitrogen and oxygen atoms in total. The summed E-state index contributed by atoms with van der Waals surface area (Å²) in [5.41, 5.74) is 2.19. The summed E-state index contributed by atoms with van der Waals surface area (Å²) in [4.78, 5) is 3.99. The highest BCUT2D eigenvalue weighted by molar-refractivity contribution is 6.13. The molecule has 0 saturated heterocycles. The van der Waals surface area contributed by atoms with Gasteiger partial charge in [-0.25, -0.2) is 8.78 Å². The number of rotatable bonds is 5. The second-order valence-corrected chi connectivity index (χ2v) is 6.20. The van der Waals surface area contributed by atoms with Crippen molar-refractivity contribution in [2.45, 2.75) is 13.0 Å². The zero-order chi connectivity index (χ0) is 19.4. The minimum absolute atomic E-state index is 0.0855. The molecule has 1 heterocycles. The van der Waals surface area contributed by atoms with Gasteiger partial charge in [0.1, 0.15) is 17.7 Å². The lowest BCUT2D eigenvalue weighted by atomic mass is 9.92. The second-order valence-electron chi connectivity index (χ2n) is 6.20. The van der Waals surface area contributed by atoms with Crippen molar-refractivity contribution in [3.63, 3.8) is 0 Å². The molecule has 0 spiro atoms. The molecule has 0 fully saturated rings. The van der Waals surface area contributed by atoms with Gasteiger partial charge in [0.2, 0.25) is 0 Å².